The van der Waals surface area contributed by atoms with Gasteiger partial charge in [0.2, 0.25) is 0 Å². The number of anilines is 1. The molecule has 2 aromatic rings. The molecule has 0 aliphatic carbocycles. The third-order valence-corrected chi connectivity index (χ3v) is 1.68. The van der Waals surface area contributed by atoms with Crippen LogP contribution in [-0.4, -0.2) is 14.8 Å². The zero-order valence-electron chi connectivity index (χ0n) is 10.2. The summed E-state index contributed by atoms with van der Waals surface area (Å²) in [5, 5.41) is 5.01. The van der Waals surface area contributed by atoms with Crippen LogP contribution in [0.1, 0.15) is 27.7 Å². The van der Waals surface area contributed by atoms with E-state index in [1.54, 1.807) is 17.1 Å². The second-order valence-corrected chi connectivity index (χ2v) is 2.40. The number of pyridine rings is 1. The third-order valence-electron chi connectivity index (χ3n) is 1.68. The van der Waals surface area contributed by atoms with Crippen LogP contribution in [0.2, 0.25) is 0 Å². The number of rotatable bonds is 0. The van der Waals surface area contributed by atoms with E-state index in [0.29, 0.717) is 5.82 Å². The molecule has 4 nitrogen and oxygen atoms in total. The highest BCUT2D eigenvalue weighted by Crippen LogP contribution is 2.16. The van der Waals surface area contributed by atoms with Crippen LogP contribution in [0.5, 0.6) is 0 Å². The molecule has 0 radical (unpaired) electrons. The standard InChI is InChI=1S/C7H8N4.2C2H6/c1-11-6-4-9-3-2-5(6)7(8)10-11;2*1-2/h2-4H,1H3,(H2,8,10);2*1-2H3. The summed E-state index contributed by atoms with van der Waals surface area (Å²) in [4.78, 5) is 3.97. The van der Waals surface area contributed by atoms with Gasteiger partial charge in [-0.25, -0.2) is 0 Å². The highest BCUT2D eigenvalue weighted by Gasteiger charge is 2.02. The smallest absolute Gasteiger partial charge is 0.153 e. The second kappa shape index (κ2) is 6.81. The number of nitrogens with zero attached hydrogens (tertiary/aromatic N) is 3. The van der Waals surface area contributed by atoms with Gasteiger partial charge in [-0.05, 0) is 6.07 Å². The van der Waals surface area contributed by atoms with Crippen molar-refractivity contribution in [2.24, 2.45) is 7.05 Å². The molecule has 0 bridgehead atoms. The van der Waals surface area contributed by atoms with Crippen LogP contribution in [0.15, 0.2) is 18.5 Å². The van der Waals surface area contributed by atoms with Gasteiger partial charge in [0.1, 0.15) is 0 Å². The van der Waals surface area contributed by atoms with E-state index in [0.717, 1.165) is 10.9 Å². The summed E-state index contributed by atoms with van der Waals surface area (Å²) in [5.74, 6) is 0.560. The van der Waals surface area contributed by atoms with Gasteiger partial charge >= 0.3 is 0 Å². The van der Waals surface area contributed by atoms with E-state index < -0.39 is 0 Å². The summed E-state index contributed by atoms with van der Waals surface area (Å²) in [6.07, 6.45) is 3.46. The quantitative estimate of drug-likeness (QED) is 0.724. The summed E-state index contributed by atoms with van der Waals surface area (Å²) in [7, 11) is 1.85. The summed E-state index contributed by atoms with van der Waals surface area (Å²) >= 11 is 0. The lowest BCUT2D eigenvalue weighted by Gasteiger charge is -1.89. The predicted molar refractivity (Wildman–Crippen MR) is 65.6 cm³/mol. The molecule has 2 aromatic heterocycles. The lowest BCUT2D eigenvalue weighted by atomic mass is 10.3. The van der Waals surface area contributed by atoms with Crippen molar-refractivity contribution in [2.45, 2.75) is 27.7 Å². The summed E-state index contributed by atoms with van der Waals surface area (Å²) in [5.41, 5.74) is 6.58. The number of nitrogen functional groups attached to an aromatic ring is 1. The van der Waals surface area contributed by atoms with Crippen molar-refractivity contribution in [2.75, 3.05) is 5.73 Å². The fraction of sp³-hybridized carbons (Fsp3) is 0.455. The molecule has 0 spiro atoms. The first-order valence-electron chi connectivity index (χ1n) is 5.31. The van der Waals surface area contributed by atoms with Crippen LogP contribution < -0.4 is 5.73 Å². The fourth-order valence-electron chi connectivity index (χ4n) is 1.13. The summed E-state index contributed by atoms with van der Waals surface area (Å²) in [6, 6.07) is 1.86. The maximum absolute atomic E-state index is 5.62. The fourth-order valence-corrected chi connectivity index (χ4v) is 1.13. The van der Waals surface area contributed by atoms with Gasteiger partial charge in [-0.1, -0.05) is 27.7 Å². The van der Waals surface area contributed by atoms with Crippen molar-refractivity contribution in [3.05, 3.63) is 18.5 Å². The van der Waals surface area contributed by atoms with E-state index in [1.165, 1.54) is 0 Å². The Kier molecular flexibility index (Phi) is 6.09. The number of fused-ring (bicyclic) bond motifs is 1. The number of nitrogens with two attached hydrogens (primary N) is 1. The molecule has 0 fully saturated rings. The Labute approximate surface area is 91.1 Å². The Bertz CT molecular complexity index is 356. The lowest BCUT2D eigenvalue weighted by molar-refractivity contribution is 0.800. The zero-order valence-corrected chi connectivity index (χ0v) is 10.2. The number of hydrogen-bond donors (Lipinski definition) is 1. The van der Waals surface area contributed by atoms with Crippen molar-refractivity contribution < 1.29 is 0 Å². The molecule has 15 heavy (non-hydrogen) atoms. The van der Waals surface area contributed by atoms with Gasteiger partial charge in [-0.15, -0.1) is 0 Å². The van der Waals surface area contributed by atoms with Gasteiger partial charge in [-0.3, -0.25) is 9.67 Å². The minimum Gasteiger partial charge on any atom is -0.382 e. The molecule has 0 aliphatic heterocycles. The average molecular weight is 208 g/mol. The van der Waals surface area contributed by atoms with Gasteiger partial charge in [0, 0.05) is 18.6 Å². The molecule has 4 heteroatoms. The Balaban J connectivity index is 0.000000442. The largest absolute Gasteiger partial charge is 0.382 e. The van der Waals surface area contributed by atoms with Crippen LogP contribution in [0.4, 0.5) is 5.82 Å². The lowest BCUT2D eigenvalue weighted by Crippen LogP contribution is -1.91. The topological polar surface area (TPSA) is 56.7 Å². The van der Waals surface area contributed by atoms with Gasteiger partial charge in [-0.2, -0.15) is 5.10 Å². The van der Waals surface area contributed by atoms with E-state index in [1.807, 2.05) is 40.8 Å². The summed E-state index contributed by atoms with van der Waals surface area (Å²) < 4.78 is 1.72. The molecule has 0 unspecified atom stereocenters. The van der Waals surface area contributed by atoms with Crippen LogP contribution in [0.3, 0.4) is 0 Å². The van der Waals surface area contributed by atoms with Gasteiger partial charge in [0.25, 0.3) is 0 Å². The number of hydrogen-bond acceptors (Lipinski definition) is 3. The first-order chi connectivity index (χ1) is 7.29. The van der Waals surface area contributed by atoms with Crippen LogP contribution in [0.25, 0.3) is 10.9 Å². The Morgan fingerprint density at radius 3 is 2.33 bits per heavy atom. The van der Waals surface area contributed by atoms with E-state index in [4.69, 9.17) is 5.73 Å². The zero-order chi connectivity index (χ0) is 11.8. The average Bonchev–Trinajstić information content (AvgIpc) is 2.61. The van der Waals surface area contributed by atoms with Gasteiger partial charge in [0.15, 0.2) is 5.82 Å². The molecule has 84 valence electrons. The molecule has 0 aliphatic rings. The van der Waals surface area contributed by atoms with E-state index in [-0.39, 0.29) is 0 Å². The van der Waals surface area contributed by atoms with E-state index in [2.05, 4.69) is 10.1 Å². The minimum atomic E-state index is 0.560. The predicted octanol–water partition coefficient (Wildman–Crippen LogP) is 2.60. The normalized spacial score (nSPS) is 8.60. The van der Waals surface area contributed by atoms with E-state index in [9.17, 15) is 0 Å². The molecule has 2 heterocycles. The molecule has 0 amide bonds. The maximum Gasteiger partial charge on any atom is 0.153 e. The SMILES string of the molecule is CC.CC.Cn1nc(N)c2ccncc21. The van der Waals surface area contributed by atoms with Crippen molar-refractivity contribution in [1.29, 1.82) is 0 Å². The molecule has 0 saturated carbocycles. The molecular weight excluding hydrogens is 188 g/mol. The van der Waals surface area contributed by atoms with Crippen LogP contribution in [0, 0.1) is 0 Å². The second-order valence-electron chi connectivity index (χ2n) is 2.40. The monoisotopic (exact) mass is 208 g/mol. The minimum absolute atomic E-state index is 0.560. The van der Waals surface area contributed by atoms with Crippen molar-refractivity contribution in [3.63, 3.8) is 0 Å². The van der Waals surface area contributed by atoms with Crippen molar-refractivity contribution >= 4 is 16.7 Å². The molecule has 0 saturated heterocycles. The van der Waals surface area contributed by atoms with Gasteiger partial charge in [0.05, 0.1) is 11.7 Å². The molecular formula is C11H20N4. The van der Waals surface area contributed by atoms with Gasteiger partial charge < -0.3 is 5.73 Å². The number of aryl methyl sites for hydroxylation is 1. The molecule has 0 aromatic carbocycles. The first kappa shape index (κ1) is 13.4. The third kappa shape index (κ3) is 2.94. The Morgan fingerprint density at radius 1 is 1.20 bits per heavy atom. The Hall–Kier alpha value is -1.58. The van der Waals surface area contributed by atoms with Crippen molar-refractivity contribution in [1.82, 2.24) is 14.8 Å². The molecule has 2 rings (SSSR count). The Morgan fingerprint density at radius 2 is 1.80 bits per heavy atom. The molecule has 0 atom stereocenters. The molecule has 2 N–H and O–H groups in total. The van der Waals surface area contributed by atoms with Crippen molar-refractivity contribution in [3.8, 4) is 0 Å². The van der Waals surface area contributed by atoms with E-state index >= 15 is 0 Å². The van der Waals surface area contributed by atoms with Crippen LogP contribution in [-0.2, 0) is 7.05 Å². The summed E-state index contributed by atoms with van der Waals surface area (Å²) in [6.45, 7) is 8.00. The first-order valence-corrected chi connectivity index (χ1v) is 5.31. The highest BCUT2D eigenvalue weighted by molar-refractivity contribution is 5.88. The number of aromatic nitrogens is 3. The maximum atomic E-state index is 5.62. The van der Waals surface area contributed by atoms with Crippen LogP contribution >= 0.6 is 0 Å². The highest BCUT2D eigenvalue weighted by atomic mass is 15.3.